The van der Waals surface area contributed by atoms with Gasteiger partial charge in [0.05, 0.1) is 11.7 Å². The molecule has 0 aromatic heterocycles. The van der Waals surface area contributed by atoms with Crippen LogP contribution in [-0.4, -0.2) is 23.5 Å². The number of ether oxygens (including phenoxy) is 1. The molecule has 0 spiro atoms. The Morgan fingerprint density at radius 1 is 1.39 bits per heavy atom. The first-order valence-corrected chi connectivity index (χ1v) is 7.71. The number of hydrogen-bond acceptors (Lipinski definition) is 4. The van der Waals surface area contributed by atoms with Crippen molar-refractivity contribution in [2.24, 2.45) is 0 Å². The number of benzene rings is 1. The number of carbonyl (C=O) groups is 2. The van der Waals surface area contributed by atoms with Gasteiger partial charge in [0.2, 0.25) is 0 Å². The van der Waals surface area contributed by atoms with Gasteiger partial charge in [0.15, 0.2) is 5.37 Å². The van der Waals surface area contributed by atoms with Crippen LogP contribution in [-0.2, 0) is 15.7 Å². The summed E-state index contributed by atoms with van der Waals surface area (Å²) in [5.74, 6) is -0.488. The minimum Gasteiger partial charge on any atom is -0.447 e. The highest BCUT2D eigenvalue weighted by Crippen LogP contribution is 2.37. The second-order valence-electron chi connectivity index (χ2n) is 5.13. The van der Waals surface area contributed by atoms with Gasteiger partial charge in [-0.15, -0.1) is 0 Å². The van der Waals surface area contributed by atoms with E-state index >= 15 is 0 Å². The molecule has 0 radical (unpaired) electrons. The number of thioether (sulfide) groups is 1. The second-order valence-corrected chi connectivity index (χ2v) is 6.34. The summed E-state index contributed by atoms with van der Waals surface area (Å²) in [6, 6.07) is 4.70. The quantitative estimate of drug-likeness (QED) is 0.881. The molecule has 2 amide bonds. The van der Waals surface area contributed by atoms with Crippen LogP contribution in [0.5, 0.6) is 0 Å². The molecule has 0 bridgehead atoms. The standard InChI is InChI=1S/C14H15F3N2O3S/c1-7(2)22-13(21)19-12-10(20)18-11(23-12)8-4-3-5-9(6-8)14(15,16)17/h3-7,11-12H,1-2H3,(H,18,20)(H,19,21). The van der Waals surface area contributed by atoms with Crippen molar-refractivity contribution in [3.8, 4) is 0 Å². The number of halogens is 3. The lowest BCUT2D eigenvalue weighted by Crippen LogP contribution is -2.39. The Labute approximate surface area is 135 Å². The van der Waals surface area contributed by atoms with Crippen molar-refractivity contribution >= 4 is 23.8 Å². The molecule has 1 aliphatic rings. The first kappa shape index (κ1) is 17.5. The van der Waals surface area contributed by atoms with Crippen LogP contribution < -0.4 is 10.6 Å². The van der Waals surface area contributed by atoms with E-state index < -0.39 is 34.5 Å². The van der Waals surface area contributed by atoms with Crippen molar-refractivity contribution in [2.45, 2.75) is 36.9 Å². The Balaban J connectivity index is 2.06. The highest BCUT2D eigenvalue weighted by Gasteiger charge is 2.37. The SMILES string of the molecule is CC(C)OC(=O)NC1SC(c2cccc(C(F)(F)F)c2)NC1=O. The van der Waals surface area contributed by atoms with E-state index in [1.807, 2.05) is 0 Å². The maximum Gasteiger partial charge on any atom is 0.416 e. The molecule has 2 unspecified atom stereocenters. The molecule has 23 heavy (non-hydrogen) atoms. The number of alkyl halides is 3. The van der Waals surface area contributed by atoms with Gasteiger partial charge in [0.25, 0.3) is 5.91 Å². The smallest absolute Gasteiger partial charge is 0.416 e. The molecule has 0 saturated carbocycles. The highest BCUT2D eigenvalue weighted by atomic mass is 32.2. The normalized spacial score (nSPS) is 21.2. The number of amides is 2. The zero-order chi connectivity index (χ0) is 17.2. The van der Waals surface area contributed by atoms with E-state index in [0.717, 1.165) is 23.9 Å². The second kappa shape index (κ2) is 6.69. The Bertz CT molecular complexity index is 607. The summed E-state index contributed by atoms with van der Waals surface area (Å²) in [5, 5.41) is 3.33. The Hall–Kier alpha value is -1.90. The van der Waals surface area contributed by atoms with Crippen LogP contribution in [0.25, 0.3) is 0 Å². The molecule has 0 aliphatic carbocycles. The van der Waals surface area contributed by atoms with E-state index in [1.165, 1.54) is 12.1 Å². The number of nitrogens with one attached hydrogen (secondary N) is 2. The van der Waals surface area contributed by atoms with Gasteiger partial charge in [-0.2, -0.15) is 13.2 Å². The summed E-state index contributed by atoms with van der Waals surface area (Å²) in [4.78, 5) is 23.3. The molecule has 1 aromatic rings. The van der Waals surface area contributed by atoms with Gasteiger partial charge in [0.1, 0.15) is 5.37 Å². The molecule has 1 saturated heterocycles. The summed E-state index contributed by atoms with van der Waals surface area (Å²) in [6.07, 6.45) is -5.55. The third-order valence-electron chi connectivity index (χ3n) is 2.89. The lowest BCUT2D eigenvalue weighted by Gasteiger charge is -2.14. The predicted molar refractivity (Wildman–Crippen MR) is 78.5 cm³/mol. The van der Waals surface area contributed by atoms with Crippen LogP contribution in [0.3, 0.4) is 0 Å². The van der Waals surface area contributed by atoms with E-state index in [1.54, 1.807) is 13.8 Å². The van der Waals surface area contributed by atoms with Gasteiger partial charge in [-0.1, -0.05) is 23.9 Å². The zero-order valence-electron chi connectivity index (χ0n) is 12.3. The van der Waals surface area contributed by atoms with Crippen molar-refractivity contribution in [3.05, 3.63) is 35.4 Å². The van der Waals surface area contributed by atoms with E-state index in [0.29, 0.717) is 5.56 Å². The molecule has 126 valence electrons. The van der Waals surface area contributed by atoms with E-state index in [4.69, 9.17) is 4.74 Å². The van der Waals surface area contributed by atoms with E-state index in [-0.39, 0.29) is 6.10 Å². The molecule has 2 rings (SSSR count). The third kappa shape index (κ3) is 4.54. The minimum absolute atomic E-state index is 0.305. The van der Waals surface area contributed by atoms with Crippen molar-refractivity contribution in [3.63, 3.8) is 0 Å². The van der Waals surface area contributed by atoms with Crippen molar-refractivity contribution in [1.82, 2.24) is 10.6 Å². The predicted octanol–water partition coefficient (Wildman–Crippen LogP) is 3.03. The Morgan fingerprint density at radius 3 is 2.70 bits per heavy atom. The topological polar surface area (TPSA) is 67.4 Å². The van der Waals surface area contributed by atoms with Crippen LogP contribution in [0.2, 0.25) is 0 Å². The summed E-state index contributed by atoms with van der Waals surface area (Å²) < 4.78 is 43.1. The molecule has 1 aromatic carbocycles. The number of carbonyl (C=O) groups excluding carboxylic acids is 2. The molecule has 1 heterocycles. The van der Waals surface area contributed by atoms with Gasteiger partial charge < -0.3 is 15.4 Å². The van der Waals surface area contributed by atoms with Crippen molar-refractivity contribution < 1.29 is 27.5 Å². The molecule has 2 N–H and O–H groups in total. The van der Waals surface area contributed by atoms with E-state index in [2.05, 4.69) is 10.6 Å². The Kier molecular flexibility index (Phi) is 5.08. The molecular weight excluding hydrogens is 333 g/mol. The van der Waals surface area contributed by atoms with Gasteiger partial charge in [-0.25, -0.2) is 4.79 Å². The van der Waals surface area contributed by atoms with Crippen LogP contribution in [0, 0.1) is 0 Å². The van der Waals surface area contributed by atoms with Crippen LogP contribution in [0.4, 0.5) is 18.0 Å². The minimum atomic E-state index is -4.46. The van der Waals surface area contributed by atoms with Crippen LogP contribution in [0.15, 0.2) is 24.3 Å². The summed E-state index contributed by atoms with van der Waals surface area (Å²) >= 11 is 1.01. The lowest BCUT2D eigenvalue weighted by atomic mass is 10.1. The fraction of sp³-hybridized carbons (Fsp3) is 0.429. The molecule has 2 atom stereocenters. The lowest BCUT2D eigenvalue weighted by molar-refractivity contribution is -0.137. The molecular formula is C14H15F3N2O3S. The van der Waals surface area contributed by atoms with Crippen molar-refractivity contribution in [1.29, 1.82) is 0 Å². The average Bonchev–Trinajstić information content (AvgIpc) is 2.78. The average molecular weight is 348 g/mol. The monoisotopic (exact) mass is 348 g/mol. The van der Waals surface area contributed by atoms with Crippen molar-refractivity contribution in [2.75, 3.05) is 0 Å². The van der Waals surface area contributed by atoms with Gasteiger partial charge in [-0.3, -0.25) is 4.79 Å². The maximum atomic E-state index is 12.7. The maximum absolute atomic E-state index is 12.7. The number of rotatable bonds is 3. The molecule has 1 fully saturated rings. The number of alkyl carbamates (subject to hydrolysis) is 1. The van der Waals surface area contributed by atoms with Gasteiger partial charge >= 0.3 is 12.3 Å². The first-order valence-electron chi connectivity index (χ1n) is 6.77. The molecule has 5 nitrogen and oxygen atoms in total. The van der Waals surface area contributed by atoms with Gasteiger partial charge in [0, 0.05) is 0 Å². The largest absolute Gasteiger partial charge is 0.447 e. The van der Waals surface area contributed by atoms with Crippen LogP contribution >= 0.6 is 11.8 Å². The Morgan fingerprint density at radius 2 is 2.09 bits per heavy atom. The molecule has 9 heteroatoms. The van der Waals surface area contributed by atoms with Crippen LogP contribution in [0.1, 0.15) is 30.3 Å². The van der Waals surface area contributed by atoms with Gasteiger partial charge in [-0.05, 0) is 31.5 Å². The molecule has 1 aliphatic heterocycles. The summed E-state index contributed by atoms with van der Waals surface area (Å²) in [5.41, 5.74) is -0.486. The summed E-state index contributed by atoms with van der Waals surface area (Å²) in [6.45, 7) is 3.32. The first-order chi connectivity index (χ1) is 10.7. The zero-order valence-corrected chi connectivity index (χ0v) is 13.1. The fourth-order valence-corrected chi connectivity index (χ4v) is 3.05. The fourth-order valence-electron chi connectivity index (χ4n) is 1.93. The highest BCUT2D eigenvalue weighted by molar-refractivity contribution is 8.01. The number of hydrogen-bond donors (Lipinski definition) is 2. The third-order valence-corrected chi connectivity index (χ3v) is 4.16. The summed E-state index contributed by atoms with van der Waals surface area (Å²) in [7, 11) is 0. The van der Waals surface area contributed by atoms with E-state index in [9.17, 15) is 22.8 Å².